The minimum Gasteiger partial charge on any atom is -0.320 e. The van der Waals surface area contributed by atoms with Crippen molar-refractivity contribution in [3.05, 3.63) is 69.2 Å². The van der Waals surface area contributed by atoms with Crippen LogP contribution in [-0.2, 0) is 0 Å². The number of hydrogen-bond donors (Lipinski definition) is 1. The number of halogens is 3. The van der Waals surface area contributed by atoms with Crippen LogP contribution in [0.1, 0.15) is 22.7 Å². The molecule has 0 aliphatic heterocycles. The molecule has 0 amide bonds. The lowest BCUT2D eigenvalue weighted by atomic mass is 9.96. The second-order valence-corrected chi connectivity index (χ2v) is 5.10. The highest BCUT2D eigenvalue weighted by atomic mass is 79.9. The molecular weight excluding hydrogens is 300 g/mol. The van der Waals surface area contributed by atoms with E-state index in [9.17, 15) is 8.78 Å². The monoisotopic (exact) mass is 311 g/mol. The van der Waals surface area contributed by atoms with Crippen molar-refractivity contribution >= 4 is 15.9 Å². The summed E-state index contributed by atoms with van der Waals surface area (Å²) < 4.78 is 27.3. The van der Waals surface area contributed by atoms with Crippen LogP contribution in [0.3, 0.4) is 0 Å². The Morgan fingerprint density at radius 3 is 2.22 bits per heavy atom. The Labute approximate surface area is 113 Å². The largest absolute Gasteiger partial charge is 0.320 e. The molecule has 1 nitrogen and oxygen atoms in total. The van der Waals surface area contributed by atoms with Crippen molar-refractivity contribution in [1.29, 1.82) is 0 Å². The number of benzene rings is 2. The molecular formula is C14H12BrF2N. The average Bonchev–Trinajstić information content (AvgIpc) is 2.26. The molecule has 1 atom stereocenters. The first-order valence-electron chi connectivity index (χ1n) is 5.45. The standard InChI is InChI=1S/C14H12BrF2N/c1-8-4-10(15)2-3-13(8)14(18)9-5-11(16)7-12(17)6-9/h2-7,14H,18H2,1H3. The summed E-state index contributed by atoms with van der Waals surface area (Å²) >= 11 is 3.36. The highest BCUT2D eigenvalue weighted by Gasteiger charge is 2.13. The van der Waals surface area contributed by atoms with Crippen LogP contribution < -0.4 is 5.73 Å². The molecule has 2 rings (SSSR count). The molecule has 2 aromatic carbocycles. The molecule has 0 spiro atoms. The number of aryl methyl sites for hydroxylation is 1. The van der Waals surface area contributed by atoms with Gasteiger partial charge in [-0.3, -0.25) is 0 Å². The normalized spacial score (nSPS) is 12.5. The van der Waals surface area contributed by atoms with Crippen LogP contribution >= 0.6 is 15.9 Å². The Morgan fingerprint density at radius 2 is 1.67 bits per heavy atom. The maximum absolute atomic E-state index is 13.2. The summed E-state index contributed by atoms with van der Waals surface area (Å²) in [6.07, 6.45) is 0. The zero-order valence-corrected chi connectivity index (χ0v) is 11.3. The van der Waals surface area contributed by atoms with Crippen LogP contribution in [0, 0.1) is 18.6 Å². The maximum atomic E-state index is 13.2. The van der Waals surface area contributed by atoms with Gasteiger partial charge in [0.25, 0.3) is 0 Å². The van der Waals surface area contributed by atoms with Crippen molar-refractivity contribution in [2.24, 2.45) is 5.73 Å². The van der Waals surface area contributed by atoms with E-state index in [1.54, 1.807) is 0 Å². The molecule has 94 valence electrons. The van der Waals surface area contributed by atoms with Gasteiger partial charge in [-0.2, -0.15) is 0 Å². The summed E-state index contributed by atoms with van der Waals surface area (Å²) in [5.74, 6) is -1.23. The van der Waals surface area contributed by atoms with Gasteiger partial charge >= 0.3 is 0 Å². The summed E-state index contributed by atoms with van der Waals surface area (Å²) in [6.45, 7) is 1.91. The van der Waals surface area contributed by atoms with Crippen molar-refractivity contribution in [1.82, 2.24) is 0 Å². The Hall–Kier alpha value is -1.26. The van der Waals surface area contributed by atoms with Gasteiger partial charge in [0.1, 0.15) is 11.6 Å². The topological polar surface area (TPSA) is 26.0 Å². The Morgan fingerprint density at radius 1 is 1.06 bits per heavy atom. The van der Waals surface area contributed by atoms with Crippen molar-refractivity contribution in [3.63, 3.8) is 0 Å². The highest BCUT2D eigenvalue weighted by molar-refractivity contribution is 9.10. The molecule has 0 aliphatic rings. The SMILES string of the molecule is Cc1cc(Br)ccc1C(N)c1cc(F)cc(F)c1. The fourth-order valence-electron chi connectivity index (χ4n) is 1.92. The van der Waals surface area contributed by atoms with Crippen LogP contribution in [0.4, 0.5) is 8.78 Å². The van der Waals surface area contributed by atoms with Crippen LogP contribution in [0.2, 0.25) is 0 Å². The average molecular weight is 312 g/mol. The van der Waals surface area contributed by atoms with E-state index in [0.29, 0.717) is 5.56 Å². The lowest BCUT2D eigenvalue weighted by molar-refractivity contribution is 0.577. The van der Waals surface area contributed by atoms with E-state index in [0.717, 1.165) is 21.7 Å². The third kappa shape index (κ3) is 2.76. The Balaban J connectivity index is 2.44. The van der Waals surface area contributed by atoms with E-state index in [1.807, 2.05) is 25.1 Å². The van der Waals surface area contributed by atoms with E-state index < -0.39 is 17.7 Å². The van der Waals surface area contributed by atoms with Crippen LogP contribution in [0.5, 0.6) is 0 Å². The fourth-order valence-corrected chi connectivity index (χ4v) is 2.40. The molecule has 0 bridgehead atoms. The smallest absolute Gasteiger partial charge is 0.126 e. The third-order valence-corrected chi connectivity index (χ3v) is 3.30. The van der Waals surface area contributed by atoms with Gasteiger partial charge in [0.2, 0.25) is 0 Å². The van der Waals surface area contributed by atoms with Crippen molar-refractivity contribution in [2.75, 3.05) is 0 Å². The first-order valence-corrected chi connectivity index (χ1v) is 6.24. The molecule has 0 saturated carbocycles. The number of rotatable bonds is 2. The lowest BCUT2D eigenvalue weighted by Crippen LogP contribution is -2.13. The Bertz CT molecular complexity index is 564. The molecule has 0 aromatic heterocycles. The number of nitrogens with two attached hydrogens (primary N) is 1. The second kappa shape index (κ2) is 5.16. The zero-order chi connectivity index (χ0) is 13.3. The van der Waals surface area contributed by atoms with Crippen LogP contribution in [-0.4, -0.2) is 0 Å². The van der Waals surface area contributed by atoms with E-state index in [-0.39, 0.29) is 0 Å². The van der Waals surface area contributed by atoms with Gasteiger partial charge in [0, 0.05) is 10.5 Å². The van der Waals surface area contributed by atoms with E-state index in [1.165, 1.54) is 12.1 Å². The molecule has 0 heterocycles. The molecule has 18 heavy (non-hydrogen) atoms. The lowest BCUT2D eigenvalue weighted by Gasteiger charge is -2.15. The molecule has 0 fully saturated rings. The van der Waals surface area contributed by atoms with E-state index in [2.05, 4.69) is 15.9 Å². The van der Waals surface area contributed by atoms with Crippen molar-refractivity contribution in [3.8, 4) is 0 Å². The highest BCUT2D eigenvalue weighted by Crippen LogP contribution is 2.26. The summed E-state index contributed by atoms with van der Waals surface area (Å²) in [4.78, 5) is 0. The van der Waals surface area contributed by atoms with Crippen LogP contribution in [0.25, 0.3) is 0 Å². The summed E-state index contributed by atoms with van der Waals surface area (Å²) in [5, 5.41) is 0. The molecule has 2 aromatic rings. The van der Waals surface area contributed by atoms with Crippen molar-refractivity contribution < 1.29 is 8.78 Å². The summed E-state index contributed by atoms with van der Waals surface area (Å²) in [6, 6.07) is 8.45. The molecule has 0 radical (unpaired) electrons. The van der Waals surface area contributed by atoms with Gasteiger partial charge in [-0.15, -0.1) is 0 Å². The quantitative estimate of drug-likeness (QED) is 0.888. The maximum Gasteiger partial charge on any atom is 0.126 e. The van der Waals surface area contributed by atoms with Gasteiger partial charge in [-0.1, -0.05) is 22.0 Å². The first kappa shape index (κ1) is 13.2. The summed E-state index contributed by atoms with van der Waals surface area (Å²) in [5.41, 5.74) is 8.31. The second-order valence-electron chi connectivity index (χ2n) is 4.18. The zero-order valence-electron chi connectivity index (χ0n) is 9.75. The minimum absolute atomic E-state index is 0.429. The van der Waals surface area contributed by atoms with Gasteiger partial charge < -0.3 is 5.73 Å². The fraction of sp³-hybridized carbons (Fsp3) is 0.143. The molecule has 1 unspecified atom stereocenters. The molecule has 0 saturated heterocycles. The molecule has 2 N–H and O–H groups in total. The van der Waals surface area contributed by atoms with E-state index in [4.69, 9.17) is 5.73 Å². The first-order chi connectivity index (χ1) is 8.47. The minimum atomic E-state index is -0.616. The predicted octanol–water partition coefficient (Wildman–Crippen LogP) is 4.08. The third-order valence-electron chi connectivity index (χ3n) is 2.81. The van der Waals surface area contributed by atoms with Crippen molar-refractivity contribution in [2.45, 2.75) is 13.0 Å². The van der Waals surface area contributed by atoms with Gasteiger partial charge in [-0.25, -0.2) is 8.78 Å². The van der Waals surface area contributed by atoms with Gasteiger partial charge in [0.05, 0.1) is 6.04 Å². The van der Waals surface area contributed by atoms with Gasteiger partial charge in [-0.05, 0) is 47.9 Å². The van der Waals surface area contributed by atoms with E-state index >= 15 is 0 Å². The van der Waals surface area contributed by atoms with Gasteiger partial charge in [0.15, 0.2) is 0 Å². The Kier molecular flexibility index (Phi) is 3.78. The molecule has 0 aliphatic carbocycles. The molecule has 4 heteroatoms. The summed E-state index contributed by atoms with van der Waals surface area (Å²) in [7, 11) is 0. The van der Waals surface area contributed by atoms with Crippen LogP contribution in [0.15, 0.2) is 40.9 Å². The predicted molar refractivity (Wildman–Crippen MR) is 71.3 cm³/mol. The number of hydrogen-bond acceptors (Lipinski definition) is 1.